The van der Waals surface area contributed by atoms with Crippen LogP contribution in [0.5, 0.6) is 0 Å². The van der Waals surface area contributed by atoms with Crippen LogP contribution in [0.15, 0.2) is 0 Å². The fourth-order valence-electron chi connectivity index (χ4n) is 2.62. The molecule has 1 aromatic heterocycles. The Morgan fingerprint density at radius 3 is 2.74 bits per heavy atom. The van der Waals surface area contributed by atoms with Gasteiger partial charge in [-0.25, -0.2) is 8.42 Å². The fourth-order valence-corrected chi connectivity index (χ4v) is 3.89. The highest BCUT2D eigenvalue weighted by atomic mass is 32.2. The van der Waals surface area contributed by atoms with Crippen LogP contribution in [-0.4, -0.2) is 49.8 Å². The van der Waals surface area contributed by atoms with Crippen molar-refractivity contribution in [3.63, 3.8) is 0 Å². The van der Waals surface area contributed by atoms with E-state index in [-0.39, 0.29) is 5.75 Å². The molecule has 6 nitrogen and oxygen atoms in total. The van der Waals surface area contributed by atoms with Crippen molar-refractivity contribution >= 4 is 15.7 Å². The predicted molar refractivity (Wildman–Crippen MR) is 76.2 cm³/mol. The molecular weight excluding hydrogens is 264 g/mol. The average Bonchev–Trinajstić information content (AvgIpc) is 2.49. The molecule has 0 aliphatic carbocycles. The number of rotatable bonds is 3. The van der Waals surface area contributed by atoms with E-state index in [2.05, 4.69) is 15.3 Å². The summed E-state index contributed by atoms with van der Waals surface area (Å²) in [7, 11) is 0.945. The maximum atomic E-state index is 11.7. The van der Waals surface area contributed by atoms with E-state index in [1.807, 2.05) is 25.7 Å². The summed E-state index contributed by atoms with van der Waals surface area (Å²) >= 11 is 0. The Morgan fingerprint density at radius 2 is 2.05 bits per heavy atom. The van der Waals surface area contributed by atoms with Gasteiger partial charge in [0, 0.05) is 32.2 Å². The molecule has 0 spiro atoms. The maximum absolute atomic E-state index is 11.7. The van der Waals surface area contributed by atoms with E-state index < -0.39 is 9.84 Å². The second-order valence-electron chi connectivity index (χ2n) is 5.03. The highest BCUT2D eigenvalue weighted by Crippen LogP contribution is 2.24. The number of hydrogen-bond acceptors (Lipinski definition) is 5. The van der Waals surface area contributed by atoms with E-state index >= 15 is 0 Å². The summed E-state index contributed by atoms with van der Waals surface area (Å²) in [6.07, 6.45) is 0.686. The van der Waals surface area contributed by atoms with Gasteiger partial charge in [-0.2, -0.15) is 5.10 Å². The van der Waals surface area contributed by atoms with Crippen molar-refractivity contribution in [3.05, 3.63) is 11.3 Å². The molecular formula is C12H22N4O2S. The molecule has 0 radical (unpaired) electrons. The SMILES string of the molecule is CNCc1c(C)nn(C)c1N1CCCS(=O)(=O)CC1. The molecule has 0 aromatic carbocycles. The lowest BCUT2D eigenvalue weighted by atomic mass is 10.2. The van der Waals surface area contributed by atoms with Crippen LogP contribution in [0.2, 0.25) is 0 Å². The van der Waals surface area contributed by atoms with Gasteiger partial charge in [-0.15, -0.1) is 0 Å². The second-order valence-corrected chi connectivity index (χ2v) is 7.34. The highest BCUT2D eigenvalue weighted by Gasteiger charge is 2.24. The van der Waals surface area contributed by atoms with Gasteiger partial charge < -0.3 is 10.2 Å². The number of anilines is 1. The van der Waals surface area contributed by atoms with Gasteiger partial charge >= 0.3 is 0 Å². The second kappa shape index (κ2) is 5.50. The molecule has 1 aromatic rings. The molecule has 0 atom stereocenters. The number of aromatic nitrogens is 2. The van der Waals surface area contributed by atoms with Crippen molar-refractivity contribution in [3.8, 4) is 0 Å². The lowest BCUT2D eigenvalue weighted by Crippen LogP contribution is -2.30. The zero-order valence-electron chi connectivity index (χ0n) is 11.8. The molecule has 2 heterocycles. The first-order valence-corrected chi connectivity index (χ1v) is 8.39. The average molecular weight is 286 g/mol. The molecule has 108 valence electrons. The predicted octanol–water partition coefficient (Wildman–Crippen LogP) is 0.0728. The zero-order valence-corrected chi connectivity index (χ0v) is 12.6. The van der Waals surface area contributed by atoms with E-state index in [9.17, 15) is 8.42 Å². The minimum Gasteiger partial charge on any atom is -0.356 e. The summed E-state index contributed by atoms with van der Waals surface area (Å²) in [4.78, 5) is 2.15. The van der Waals surface area contributed by atoms with Crippen LogP contribution in [0.3, 0.4) is 0 Å². The van der Waals surface area contributed by atoms with Gasteiger partial charge in [-0.3, -0.25) is 4.68 Å². The van der Waals surface area contributed by atoms with Crippen LogP contribution in [0, 0.1) is 6.92 Å². The Labute approximate surface area is 114 Å². The third-order valence-electron chi connectivity index (χ3n) is 3.52. The minimum atomic E-state index is -2.88. The number of sulfone groups is 1. The molecule has 0 amide bonds. The van der Waals surface area contributed by atoms with E-state index in [1.165, 1.54) is 0 Å². The summed E-state index contributed by atoms with van der Waals surface area (Å²) in [6.45, 7) is 4.07. The van der Waals surface area contributed by atoms with Crippen LogP contribution < -0.4 is 10.2 Å². The Balaban J connectivity index is 2.31. The highest BCUT2D eigenvalue weighted by molar-refractivity contribution is 7.91. The maximum Gasteiger partial charge on any atom is 0.152 e. The van der Waals surface area contributed by atoms with Crippen LogP contribution in [-0.2, 0) is 23.4 Å². The van der Waals surface area contributed by atoms with Crippen molar-refractivity contribution in [2.75, 3.05) is 36.5 Å². The molecule has 2 rings (SSSR count). The van der Waals surface area contributed by atoms with Gasteiger partial charge in [0.15, 0.2) is 9.84 Å². The van der Waals surface area contributed by atoms with Crippen molar-refractivity contribution in [1.29, 1.82) is 0 Å². The Hall–Kier alpha value is -1.08. The summed E-state index contributed by atoms with van der Waals surface area (Å²) in [5.41, 5.74) is 2.16. The molecule has 1 fully saturated rings. The third-order valence-corrected chi connectivity index (χ3v) is 5.24. The summed E-state index contributed by atoms with van der Waals surface area (Å²) in [6, 6.07) is 0. The molecule has 1 aliphatic heterocycles. The van der Waals surface area contributed by atoms with Crippen LogP contribution in [0.25, 0.3) is 0 Å². The first kappa shape index (κ1) is 14.3. The van der Waals surface area contributed by atoms with Crippen molar-refractivity contribution in [2.24, 2.45) is 7.05 Å². The zero-order chi connectivity index (χ0) is 14.0. The molecule has 0 saturated carbocycles. The minimum absolute atomic E-state index is 0.232. The van der Waals surface area contributed by atoms with E-state index in [1.54, 1.807) is 0 Å². The van der Waals surface area contributed by atoms with Gasteiger partial charge in [-0.1, -0.05) is 0 Å². The van der Waals surface area contributed by atoms with Crippen LogP contribution >= 0.6 is 0 Å². The van der Waals surface area contributed by atoms with Crippen molar-refractivity contribution < 1.29 is 8.42 Å². The number of nitrogens with zero attached hydrogens (tertiary/aromatic N) is 3. The fraction of sp³-hybridized carbons (Fsp3) is 0.750. The summed E-state index contributed by atoms with van der Waals surface area (Å²) < 4.78 is 25.2. The van der Waals surface area contributed by atoms with Crippen LogP contribution in [0.1, 0.15) is 17.7 Å². The van der Waals surface area contributed by atoms with Gasteiger partial charge in [0.05, 0.1) is 17.2 Å². The molecule has 19 heavy (non-hydrogen) atoms. The van der Waals surface area contributed by atoms with Gasteiger partial charge in [0.1, 0.15) is 5.82 Å². The molecule has 0 bridgehead atoms. The molecule has 1 saturated heterocycles. The van der Waals surface area contributed by atoms with Gasteiger partial charge in [0.2, 0.25) is 0 Å². The lowest BCUT2D eigenvalue weighted by molar-refractivity contribution is 0.597. The largest absolute Gasteiger partial charge is 0.356 e. The number of hydrogen-bond donors (Lipinski definition) is 1. The Kier molecular flexibility index (Phi) is 4.15. The lowest BCUT2D eigenvalue weighted by Gasteiger charge is -2.23. The Morgan fingerprint density at radius 1 is 1.32 bits per heavy atom. The van der Waals surface area contributed by atoms with E-state index in [0.29, 0.717) is 18.7 Å². The van der Waals surface area contributed by atoms with E-state index in [0.717, 1.165) is 30.2 Å². The molecule has 1 aliphatic rings. The third kappa shape index (κ3) is 3.09. The summed E-state index contributed by atoms with van der Waals surface area (Å²) in [5.74, 6) is 1.57. The van der Waals surface area contributed by atoms with Crippen molar-refractivity contribution in [1.82, 2.24) is 15.1 Å². The molecule has 1 N–H and O–H groups in total. The smallest absolute Gasteiger partial charge is 0.152 e. The molecule has 0 unspecified atom stereocenters. The number of nitrogens with one attached hydrogen (secondary N) is 1. The quantitative estimate of drug-likeness (QED) is 0.852. The van der Waals surface area contributed by atoms with Gasteiger partial charge in [-0.05, 0) is 20.4 Å². The standard InChI is InChI=1S/C12H22N4O2S/c1-10-11(9-13-2)12(15(3)14-10)16-5-4-7-19(17,18)8-6-16/h13H,4-9H2,1-3H3. The van der Waals surface area contributed by atoms with E-state index in [4.69, 9.17) is 0 Å². The normalized spacial score (nSPS) is 19.4. The first-order chi connectivity index (χ1) is 8.94. The van der Waals surface area contributed by atoms with Crippen molar-refractivity contribution in [2.45, 2.75) is 19.9 Å². The number of aryl methyl sites for hydroxylation is 2. The monoisotopic (exact) mass is 286 g/mol. The van der Waals surface area contributed by atoms with Gasteiger partial charge in [0.25, 0.3) is 0 Å². The van der Waals surface area contributed by atoms with Crippen LogP contribution in [0.4, 0.5) is 5.82 Å². The summed E-state index contributed by atoms with van der Waals surface area (Å²) in [5, 5.41) is 7.61. The topological polar surface area (TPSA) is 67.2 Å². The first-order valence-electron chi connectivity index (χ1n) is 6.57. The molecule has 7 heteroatoms. The Bertz CT molecular complexity index is 550.